The van der Waals surface area contributed by atoms with Gasteiger partial charge in [-0.25, -0.2) is 0 Å². The normalized spacial score (nSPS) is 12.5. The maximum Gasteiger partial charge on any atom is 0.137 e. The van der Waals surface area contributed by atoms with E-state index in [2.05, 4.69) is 37.0 Å². The van der Waals surface area contributed by atoms with Crippen LogP contribution in [0.25, 0.3) is 0 Å². The molecule has 0 aliphatic rings. The molecule has 2 aromatic rings. The van der Waals surface area contributed by atoms with E-state index in [0.717, 1.165) is 38.1 Å². The standard InChI is InChI=1S/C15H19Br2N3O/c1-9(18)7-11-5-4-6-12(16)15(11)21-8-13-14(17)10(2)19-20(13)3/h4-6,9H,7-8,18H2,1-3H3. The van der Waals surface area contributed by atoms with Crippen LogP contribution in [0.4, 0.5) is 0 Å². The van der Waals surface area contributed by atoms with Gasteiger partial charge in [0, 0.05) is 13.1 Å². The number of hydrogen-bond donors (Lipinski definition) is 1. The van der Waals surface area contributed by atoms with E-state index in [-0.39, 0.29) is 6.04 Å². The Morgan fingerprint density at radius 2 is 2.10 bits per heavy atom. The van der Waals surface area contributed by atoms with Gasteiger partial charge in [-0.1, -0.05) is 12.1 Å². The Kier molecular flexibility index (Phi) is 5.46. The van der Waals surface area contributed by atoms with Gasteiger partial charge in [0.25, 0.3) is 0 Å². The molecule has 2 N–H and O–H groups in total. The van der Waals surface area contributed by atoms with Gasteiger partial charge in [0.15, 0.2) is 0 Å². The molecule has 0 saturated carbocycles. The summed E-state index contributed by atoms with van der Waals surface area (Å²) in [4.78, 5) is 0. The monoisotopic (exact) mass is 415 g/mol. The maximum absolute atomic E-state index is 6.04. The zero-order valence-electron chi connectivity index (χ0n) is 12.4. The van der Waals surface area contributed by atoms with Crippen molar-refractivity contribution in [2.24, 2.45) is 12.8 Å². The fourth-order valence-corrected chi connectivity index (χ4v) is 3.17. The summed E-state index contributed by atoms with van der Waals surface area (Å²) >= 11 is 7.11. The molecule has 1 aromatic carbocycles. The molecule has 1 atom stereocenters. The third-order valence-electron chi connectivity index (χ3n) is 3.21. The molecule has 0 fully saturated rings. The Balaban J connectivity index is 2.23. The number of para-hydroxylation sites is 1. The highest BCUT2D eigenvalue weighted by Crippen LogP contribution is 2.31. The van der Waals surface area contributed by atoms with Gasteiger partial charge in [0.2, 0.25) is 0 Å². The first-order chi connectivity index (χ1) is 9.90. The Hall–Kier alpha value is -0.850. The Morgan fingerprint density at radius 3 is 2.67 bits per heavy atom. The van der Waals surface area contributed by atoms with Crippen LogP contribution in [0.1, 0.15) is 23.9 Å². The number of hydrogen-bond acceptors (Lipinski definition) is 3. The lowest BCUT2D eigenvalue weighted by Gasteiger charge is -2.15. The minimum atomic E-state index is 0.0901. The van der Waals surface area contributed by atoms with Crippen molar-refractivity contribution in [3.8, 4) is 5.75 Å². The minimum Gasteiger partial charge on any atom is -0.486 e. The van der Waals surface area contributed by atoms with E-state index in [1.165, 1.54) is 0 Å². The van der Waals surface area contributed by atoms with Crippen LogP contribution < -0.4 is 10.5 Å². The van der Waals surface area contributed by atoms with Gasteiger partial charge >= 0.3 is 0 Å². The molecule has 114 valence electrons. The van der Waals surface area contributed by atoms with E-state index in [1.54, 1.807) is 0 Å². The van der Waals surface area contributed by atoms with Crippen molar-refractivity contribution in [2.45, 2.75) is 32.9 Å². The second kappa shape index (κ2) is 6.94. The van der Waals surface area contributed by atoms with Gasteiger partial charge in [-0.2, -0.15) is 5.10 Å². The smallest absolute Gasteiger partial charge is 0.137 e. The van der Waals surface area contributed by atoms with Gasteiger partial charge in [-0.3, -0.25) is 4.68 Å². The van der Waals surface area contributed by atoms with E-state index in [1.807, 2.05) is 43.8 Å². The van der Waals surface area contributed by atoms with Gasteiger partial charge in [-0.15, -0.1) is 0 Å². The van der Waals surface area contributed by atoms with E-state index in [4.69, 9.17) is 10.5 Å². The number of benzene rings is 1. The Morgan fingerprint density at radius 1 is 1.38 bits per heavy atom. The zero-order valence-corrected chi connectivity index (χ0v) is 15.5. The van der Waals surface area contributed by atoms with E-state index >= 15 is 0 Å². The second-order valence-corrected chi connectivity index (χ2v) is 6.82. The van der Waals surface area contributed by atoms with Crippen molar-refractivity contribution in [1.29, 1.82) is 0 Å². The Labute approximate surface area is 141 Å². The third kappa shape index (κ3) is 3.87. The van der Waals surface area contributed by atoms with Crippen molar-refractivity contribution < 1.29 is 4.74 Å². The first-order valence-corrected chi connectivity index (χ1v) is 8.32. The van der Waals surface area contributed by atoms with Crippen molar-refractivity contribution in [2.75, 3.05) is 0 Å². The van der Waals surface area contributed by atoms with Crippen molar-refractivity contribution in [3.05, 3.63) is 44.1 Å². The average Bonchev–Trinajstić information content (AvgIpc) is 2.63. The van der Waals surface area contributed by atoms with E-state index < -0.39 is 0 Å². The predicted molar refractivity (Wildman–Crippen MR) is 91.5 cm³/mol. The fraction of sp³-hybridized carbons (Fsp3) is 0.400. The molecule has 0 amide bonds. The third-order valence-corrected chi connectivity index (χ3v) is 4.86. The lowest BCUT2D eigenvalue weighted by molar-refractivity contribution is 0.288. The molecule has 0 radical (unpaired) electrons. The summed E-state index contributed by atoms with van der Waals surface area (Å²) in [6.45, 7) is 4.41. The first-order valence-electron chi connectivity index (χ1n) is 6.74. The van der Waals surface area contributed by atoms with Crippen LogP contribution in [0.2, 0.25) is 0 Å². The molecular formula is C15H19Br2N3O. The average molecular weight is 417 g/mol. The van der Waals surface area contributed by atoms with Crippen LogP contribution in [0.3, 0.4) is 0 Å². The van der Waals surface area contributed by atoms with Crippen LogP contribution >= 0.6 is 31.9 Å². The second-order valence-electron chi connectivity index (χ2n) is 5.17. The number of nitrogens with two attached hydrogens (primary N) is 1. The molecule has 0 spiro atoms. The molecular weight excluding hydrogens is 398 g/mol. The predicted octanol–water partition coefficient (Wildman–Crippen LogP) is 3.72. The Bertz CT molecular complexity index is 638. The highest BCUT2D eigenvalue weighted by molar-refractivity contribution is 9.10. The summed E-state index contributed by atoms with van der Waals surface area (Å²) in [7, 11) is 1.92. The molecule has 0 saturated heterocycles. The fourth-order valence-electron chi connectivity index (χ4n) is 2.20. The summed E-state index contributed by atoms with van der Waals surface area (Å²) in [5.41, 5.74) is 8.98. The zero-order chi connectivity index (χ0) is 15.6. The minimum absolute atomic E-state index is 0.0901. The van der Waals surface area contributed by atoms with Crippen LogP contribution in [0.15, 0.2) is 27.1 Å². The van der Waals surface area contributed by atoms with Crippen molar-refractivity contribution >= 4 is 31.9 Å². The summed E-state index contributed by atoms with van der Waals surface area (Å²) in [5.74, 6) is 0.848. The molecule has 4 nitrogen and oxygen atoms in total. The summed E-state index contributed by atoms with van der Waals surface area (Å²) in [5, 5.41) is 4.37. The highest BCUT2D eigenvalue weighted by Gasteiger charge is 2.14. The topological polar surface area (TPSA) is 53.1 Å². The lowest BCUT2D eigenvalue weighted by Crippen LogP contribution is -2.18. The van der Waals surface area contributed by atoms with Crippen molar-refractivity contribution in [1.82, 2.24) is 9.78 Å². The van der Waals surface area contributed by atoms with Gasteiger partial charge in [0.1, 0.15) is 12.4 Å². The molecule has 6 heteroatoms. The highest BCUT2D eigenvalue weighted by atomic mass is 79.9. The van der Waals surface area contributed by atoms with Crippen LogP contribution in [0, 0.1) is 6.92 Å². The van der Waals surface area contributed by atoms with Gasteiger partial charge in [0.05, 0.1) is 20.3 Å². The van der Waals surface area contributed by atoms with Gasteiger partial charge < -0.3 is 10.5 Å². The number of halogens is 2. The van der Waals surface area contributed by atoms with Crippen LogP contribution in [0.5, 0.6) is 5.75 Å². The number of ether oxygens (including phenoxy) is 1. The molecule has 21 heavy (non-hydrogen) atoms. The molecule has 1 unspecified atom stereocenters. The molecule has 2 rings (SSSR count). The van der Waals surface area contributed by atoms with E-state index in [9.17, 15) is 0 Å². The lowest BCUT2D eigenvalue weighted by atomic mass is 10.1. The number of aryl methyl sites for hydroxylation is 2. The summed E-state index contributed by atoms with van der Waals surface area (Å²) in [6, 6.07) is 6.11. The quantitative estimate of drug-likeness (QED) is 0.807. The summed E-state index contributed by atoms with van der Waals surface area (Å²) in [6.07, 6.45) is 0.778. The molecule has 1 aromatic heterocycles. The summed E-state index contributed by atoms with van der Waals surface area (Å²) < 4.78 is 9.80. The number of rotatable bonds is 5. The van der Waals surface area contributed by atoms with Crippen molar-refractivity contribution in [3.63, 3.8) is 0 Å². The van der Waals surface area contributed by atoms with Crippen LogP contribution in [-0.4, -0.2) is 15.8 Å². The SMILES string of the molecule is Cc1nn(C)c(COc2c(Br)cccc2CC(C)N)c1Br. The van der Waals surface area contributed by atoms with Crippen LogP contribution in [-0.2, 0) is 20.1 Å². The number of nitrogens with zero attached hydrogens (tertiary/aromatic N) is 2. The molecule has 0 aliphatic heterocycles. The molecule has 0 bridgehead atoms. The number of aromatic nitrogens is 2. The van der Waals surface area contributed by atoms with E-state index in [0.29, 0.717) is 6.61 Å². The largest absolute Gasteiger partial charge is 0.486 e. The first kappa shape index (κ1) is 16.5. The maximum atomic E-state index is 6.04. The molecule has 1 heterocycles. The molecule has 0 aliphatic carbocycles. The van der Waals surface area contributed by atoms with Gasteiger partial charge in [-0.05, 0) is 63.8 Å².